The summed E-state index contributed by atoms with van der Waals surface area (Å²) in [5.41, 5.74) is 5.68. The highest BCUT2D eigenvalue weighted by atomic mass is 31.1. The molecule has 0 radical (unpaired) electrons. The number of carbonyl (C=O) groups excluding carboxylic acids is 1. The number of esters is 1. The second-order valence-corrected chi connectivity index (χ2v) is 8.35. The predicted molar refractivity (Wildman–Crippen MR) is 104 cm³/mol. The molecule has 1 fully saturated rings. The zero-order valence-electron chi connectivity index (χ0n) is 16.9. The quantitative estimate of drug-likeness (QED) is 0.224. The number of halogens is 1. The zero-order valence-corrected chi connectivity index (χ0v) is 17.9. The first-order chi connectivity index (χ1) is 14.6. The number of rotatable bonds is 8. The van der Waals surface area contributed by atoms with Crippen LogP contribution in [0.15, 0.2) is 6.33 Å². The fraction of sp³-hybridized carbons (Fsp3) is 0.625. The minimum atomic E-state index is -2.89. The number of carbonyl (C=O) groups is 1. The number of aliphatic hydroxyl groups is 2. The van der Waals surface area contributed by atoms with Crippen molar-refractivity contribution in [2.45, 2.75) is 57.5 Å². The molecule has 0 amide bonds. The lowest BCUT2D eigenvalue weighted by Gasteiger charge is -2.17. The first kappa shape index (κ1) is 23.4. The van der Waals surface area contributed by atoms with Crippen LogP contribution < -0.4 is 10.8 Å². The fourth-order valence-corrected chi connectivity index (χ4v) is 3.83. The number of nitrogens with zero attached hydrogens (tertiary/aromatic N) is 4. The molecule has 172 valence electrons. The minimum Gasteiger partial charge on any atom is -0.462 e. The van der Waals surface area contributed by atoms with Gasteiger partial charge in [-0.15, -0.1) is 0 Å². The molecule has 0 aromatic carbocycles. The third-order valence-corrected chi connectivity index (χ3v) is 5.55. The van der Waals surface area contributed by atoms with Crippen LogP contribution in [-0.4, -0.2) is 72.8 Å². The van der Waals surface area contributed by atoms with Crippen LogP contribution in [0.4, 0.5) is 10.2 Å². The topological polar surface area (TPSA) is 184 Å². The normalized spacial score (nSPS) is 25.8. The van der Waals surface area contributed by atoms with E-state index in [0.29, 0.717) is 0 Å². The second-order valence-electron chi connectivity index (χ2n) is 7.20. The molecule has 0 aliphatic carbocycles. The van der Waals surface area contributed by atoms with Gasteiger partial charge in [-0.05, 0) is 20.8 Å². The van der Waals surface area contributed by atoms with E-state index in [1.54, 1.807) is 13.8 Å². The van der Waals surface area contributed by atoms with E-state index in [1.165, 1.54) is 17.8 Å². The lowest BCUT2D eigenvalue weighted by molar-refractivity contribution is -0.149. The molecule has 0 bridgehead atoms. The van der Waals surface area contributed by atoms with Gasteiger partial charge in [-0.25, -0.2) is 10.1 Å². The summed E-state index contributed by atoms with van der Waals surface area (Å²) >= 11 is 0. The predicted octanol–water partition coefficient (Wildman–Crippen LogP) is -0.497. The average molecular weight is 462 g/mol. The number of nitrogens with one attached hydrogen (secondary N) is 1. The van der Waals surface area contributed by atoms with Crippen molar-refractivity contribution < 1.29 is 38.0 Å². The van der Waals surface area contributed by atoms with E-state index >= 15 is 0 Å². The molecule has 1 aliphatic heterocycles. The average Bonchev–Trinajstić information content (AvgIpc) is 3.21. The van der Waals surface area contributed by atoms with Gasteiger partial charge in [-0.1, -0.05) is 0 Å². The molecule has 1 aliphatic rings. The number of hydrogen-bond acceptors (Lipinski definition) is 11. The maximum absolute atomic E-state index is 13.5. The van der Waals surface area contributed by atoms with E-state index < -0.39 is 50.8 Å². The molecule has 1 unspecified atom stereocenters. The number of hydrogen-bond donors (Lipinski definition) is 4. The molecular weight excluding hydrogens is 438 g/mol. The summed E-state index contributed by atoms with van der Waals surface area (Å²) < 4.78 is 42.6. The lowest BCUT2D eigenvalue weighted by Crippen LogP contribution is -2.35. The summed E-state index contributed by atoms with van der Waals surface area (Å²) in [6, 6.07) is -0.876. The van der Waals surface area contributed by atoms with Gasteiger partial charge in [0.05, 0.1) is 19.0 Å². The van der Waals surface area contributed by atoms with E-state index in [4.69, 9.17) is 19.7 Å². The molecular formula is C16H24FN6O7P. The molecule has 1 saturated heterocycles. The maximum Gasteiger partial charge on any atom is 0.323 e. The second kappa shape index (κ2) is 9.51. The SMILES string of the molecule is CC(C)OC(=O)[C@H](C)N[PH](=O)OC[C@H]1O[C@@H](n2cnc3c(N)nc(F)nc32)[C@@H](O)[C@@H]1O. The van der Waals surface area contributed by atoms with Gasteiger partial charge in [0.1, 0.15) is 24.4 Å². The molecule has 3 rings (SSSR count). The molecule has 15 heteroatoms. The zero-order chi connectivity index (χ0) is 22.9. The molecule has 3 heterocycles. The van der Waals surface area contributed by atoms with Crippen molar-refractivity contribution in [3.8, 4) is 0 Å². The van der Waals surface area contributed by atoms with E-state index in [0.717, 1.165) is 0 Å². The van der Waals surface area contributed by atoms with Gasteiger partial charge in [-0.3, -0.25) is 13.9 Å². The summed E-state index contributed by atoms with van der Waals surface area (Å²) in [5.74, 6) is -0.783. The van der Waals surface area contributed by atoms with Crippen molar-refractivity contribution in [3.05, 3.63) is 12.4 Å². The lowest BCUT2D eigenvalue weighted by atomic mass is 10.1. The Bertz CT molecular complexity index is 975. The van der Waals surface area contributed by atoms with E-state index in [-0.39, 0.29) is 29.7 Å². The summed E-state index contributed by atoms with van der Waals surface area (Å²) in [7, 11) is -2.89. The number of aromatic nitrogens is 4. The minimum absolute atomic E-state index is 0.0319. The highest BCUT2D eigenvalue weighted by Crippen LogP contribution is 2.33. The summed E-state index contributed by atoms with van der Waals surface area (Å²) in [4.78, 5) is 22.7. The third-order valence-electron chi connectivity index (χ3n) is 4.45. The van der Waals surface area contributed by atoms with E-state index in [2.05, 4.69) is 20.0 Å². The molecule has 5 N–H and O–H groups in total. The van der Waals surface area contributed by atoms with Gasteiger partial charge in [-0.2, -0.15) is 14.4 Å². The molecule has 6 atom stereocenters. The van der Waals surface area contributed by atoms with Crippen LogP contribution in [0.1, 0.15) is 27.0 Å². The Balaban J connectivity index is 1.63. The largest absolute Gasteiger partial charge is 0.462 e. The Labute approximate surface area is 176 Å². The summed E-state index contributed by atoms with van der Waals surface area (Å²) in [6.07, 6.45) is -5.31. The van der Waals surface area contributed by atoms with Gasteiger partial charge < -0.3 is 29.9 Å². The van der Waals surface area contributed by atoms with Crippen LogP contribution in [0.3, 0.4) is 0 Å². The highest BCUT2D eigenvalue weighted by molar-refractivity contribution is 7.36. The Kier molecular flexibility index (Phi) is 7.19. The van der Waals surface area contributed by atoms with Gasteiger partial charge >= 0.3 is 12.0 Å². The Hall–Kier alpha value is -2.22. The molecule has 13 nitrogen and oxygen atoms in total. The number of nitrogens with two attached hydrogens (primary N) is 1. The van der Waals surface area contributed by atoms with Crippen LogP contribution in [0.25, 0.3) is 11.2 Å². The number of fused-ring (bicyclic) bond motifs is 1. The number of anilines is 1. The van der Waals surface area contributed by atoms with Crippen LogP contribution in [0.2, 0.25) is 0 Å². The Morgan fingerprint density at radius 3 is 2.77 bits per heavy atom. The fourth-order valence-electron chi connectivity index (χ4n) is 2.96. The summed E-state index contributed by atoms with van der Waals surface area (Å²) in [5, 5.41) is 23.1. The molecule has 31 heavy (non-hydrogen) atoms. The van der Waals surface area contributed by atoms with Crippen molar-refractivity contribution in [3.63, 3.8) is 0 Å². The summed E-state index contributed by atoms with van der Waals surface area (Å²) in [6.45, 7) is 4.48. The van der Waals surface area contributed by atoms with Crippen molar-refractivity contribution in [2.24, 2.45) is 0 Å². The van der Waals surface area contributed by atoms with Crippen LogP contribution >= 0.6 is 8.18 Å². The first-order valence-electron chi connectivity index (χ1n) is 9.39. The van der Waals surface area contributed by atoms with Crippen LogP contribution in [0.5, 0.6) is 0 Å². The standard InChI is InChI=1S/C16H24FN6O7P/c1-6(2)29-15(26)7(3)22-31(27)28-4-8-10(24)11(25)14(30-8)23-5-19-9-12(18)20-16(17)21-13(9)23/h5-8,10-11,14,24-25,31H,4H2,1-3H3,(H,22,27)(H2,18,20,21)/t7-,8+,10+,11-,14+/m0/s1. The molecule has 2 aromatic rings. The number of ether oxygens (including phenoxy) is 2. The van der Waals surface area contributed by atoms with Crippen LogP contribution in [0, 0.1) is 6.08 Å². The van der Waals surface area contributed by atoms with Gasteiger partial charge in [0.25, 0.3) is 8.18 Å². The van der Waals surface area contributed by atoms with Crippen LogP contribution in [-0.2, 0) is 23.4 Å². The molecule has 0 saturated carbocycles. The van der Waals surface area contributed by atoms with Crippen molar-refractivity contribution in [2.75, 3.05) is 12.3 Å². The van der Waals surface area contributed by atoms with Gasteiger partial charge in [0, 0.05) is 0 Å². The highest BCUT2D eigenvalue weighted by Gasteiger charge is 2.44. The first-order valence-corrected chi connectivity index (χ1v) is 10.7. The van der Waals surface area contributed by atoms with Gasteiger partial charge in [0.15, 0.2) is 23.2 Å². The Morgan fingerprint density at radius 1 is 1.39 bits per heavy atom. The van der Waals surface area contributed by atoms with Crippen molar-refractivity contribution in [1.82, 2.24) is 24.6 Å². The smallest absolute Gasteiger partial charge is 0.323 e. The van der Waals surface area contributed by atoms with Gasteiger partial charge in [0.2, 0.25) is 0 Å². The maximum atomic E-state index is 13.5. The van der Waals surface area contributed by atoms with E-state index in [9.17, 15) is 24.0 Å². The Morgan fingerprint density at radius 2 is 2.10 bits per heavy atom. The molecule has 0 spiro atoms. The molecule has 2 aromatic heterocycles. The van der Waals surface area contributed by atoms with Crippen molar-refractivity contribution in [1.29, 1.82) is 0 Å². The number of aliphatic hydroxyl groups excluding tert-OH is 2. The van der Waals surface area contributed by atoms with Crippen molar-refractivity contribution >= 4 is 31.1 Å². The third kappa shape index (κ3) is 5.17. The van der Waals surface area contributed by atoms with E-state index in [1.807, 2.05) is 0 Å². The monoisotopic (exact) mass is 462 g/mol. The number of nitrogen functional groups attached to an aromatic ring is 1. The number of imidazole rings is 1.